The molecule has 1 N–H and O–H groups in total. The largest absolute Gasteiger partial charge is 0.464 e. The third-order valence-electron chi connectivity index (χ3n) is 4.10. The van der Waals surface area contributed by atoms with Crippen molar-refractivity contribution < 1.29 is 18.7 Å². The number of rotatable bonds is 13. The van der Waals surface area contributed by atoms with Crippen molar-refractivity contribution in [2.75, 3.05) is 6.61 Å². The second-order valence-corrected chi connectivity index (χ2v) is 6.42. The number of halogens is 1. The van der Waals surface area contributed by atoms with E-state index < -0.39 is 23.7 Å². The molecule has 0 unspecified atom stereocenters. The van der Waals surface area contributed by atoms with E-state index in [2.05, 4.69) is 11.9 Å². The average molecular weight is 363 g/mol. The van der Waals surface area contributed by atoms with Crippen LogP contribution in [0.25, 0.3) is 0 Å². The van der Waals surface area contributed by atoms with E-state index in [0.29, 0.717) is 12.2 Å². The fourth-order valence-electron chi connectivity index (χ4n) is 2.51. The molecule has 4 nitrogen and oxygen atoms in total. The quantitative estimate of drug-likeness (QED) is 0.311. The maximum Gasteiger partial charge on any atom is 0.328 e. The summed E-state index contributed by atoms with van der Waals surface area (Å²) in [4.78, 5) is 23.9. The molecule has 1 rings (SSSR count). The number of nitrogens with one attached hydrogen (secondary N) is 1. The van der Waals surface area contributed by atoms with Crippen LogP contribution in [0.15, 0.2) is 36.9 Å². The van der Waals surface area contributed by atoms with Gasteiger partial charge in [-0.1, -0.05) is 38.2 Å². The summed E-state index contributed by atoms with van der Waals surface area (Å²) in [6.45, 7) is 5.65. The molecule has 1 atom stereocenters. The third kappa shape index (κ3) is 9.35. The first-order valence-corrected chi connectivity index (χ1v) is 9.38. The van der Waals surface area contributed by atoms with Crippen molar-refractivity contribution in [1.29, 1.82) is 0 Å². The summed E-state index contributed by atoms with van der Waals surface area (Å²) >= 11 is 0. The van der Waals surface area contributed by atoms with E-state index in [9.17, 15) is 14.0 Å². The van der Waals surface area contributed by atoms with Gasteiger partial charge in [0.1, 0.15) is 11.9 Å². The van der Waals surface area contributed by atoms with Gasteiger partial charge in [0, 0.05) is 5.56 Å². The van der Waals surface area contributed by atoms with Gasteiger partial charge in [-0.05, 0) is 50.5 Å². The van der Waals surface area contributed by atoms with Gasteiger partial charge in [-0.15, -0.1) is 6.58 Å². The highest BCUT2D eigenvalue weighted by molar-refractivity contribution is 5.96. The van der Waals surface area contributed by atoms with Gasteiger partial charge >= 0.3 is 5.97 Å². The van der Waals surface area contributed by atoms with E-state index in [1.165, 1.54) is 49.9 Å². The van der Waals surface area contributed by atoms with Gasteiger partial charge in [0.15, 0.2) is 0 Å². The van der Waals surface area contributed by atoms with Crippen molar-refractivity contribution in [2.45, 2.75) is 64.3 Å². The SMILES string of the molecule is C=CCCCCCCCCCOC(=O)[C@H](C)NC(=O)c1ccc(F)cc1. The molecule has 0 saturated heterocycles. The first-order chi connectivity index (χ1) is 12.5. The highest BCUT2D eigenvalue weighted by atomic mass is 19.1. The number of benzene rings is 1. The summed E-state index contributed by atoms with van der Waals surface area (Å²) in [5.74, 6) is -1.29. The van der Waals surface area contributed by atoms with Crippen LogP contribution in [0.4, 0.5) is 4.39 Å². The van der Waals surface area contributed by atoms with Crippen LogP contribution in [0.2, 0.25) is 0 Å². The Labute approximate surface area is 155 Å². The van der Waals surface area contributed by atoms with Gasteiger partial charge in [0.05, 0.1) is 6.61 Å². The first-order valence-electron chi connectivity index (χ1n) is 9.38. The molecule has 0 heterocycles. The van der Waals surface area contributed by atoms with Crippen LogP contribution in [-0.2, 0) is 9.53 Å². The molecule has 0 bridgehead atoms. The minimum absolute atomic E-state index is 0.305. The van der Waals surface area contributed by atoms with E-state index in [0.717, 1.165) is 25.7 Å². The lowest BCUT2D eigenvalue weighted by Crippen LogP contribution is -2.39. The summed E-state index contributed by atoms with van der Waals surface area (Å²) < 4.78 is 18.0. The van der Waals surface area contributed by atoms with Gasteiger partial charge in [-0.3, -0.25) is 4.79 Å². The molecule has 0 saturated carbocycles. The Hall–Kier alpha value is -2.17. The Balaban J connectivity index is 2.10. The van der Waals surface area contributed by atoms with E-state index in [-0.39, 0.29) is 0 Å². The average Bonchev–Trinajstić information content (AvgIpc) is 2.63. The van der Waals surface area contributed by atoms with Crippen molar-refractivity contribution >= 4 is 11.9 Å². The summed E-state index contributed by atoms with van der Waals surface area (Å²) in [6, 6.07) is 4.42. The standard InChI is InChI=1S/C21H30FNO3/c1-3-4-5-6-7-8-9-10-11-16-26-21(25)17(2)23-20(24)18-12-14-19(22)15-13-18/h3,12-15,17H,1,4-11,16H2,2H3,(H,23,24)/t17-/m0/s1. The molecule has 0 aromatic heterocycles. The normalized spacial score (nSPS) is 11.6. The number of amides is 1. The van der Waals surface area contributed by atoms with Gasteiger partial charge in [-0.2, -0.15) is 0 Å². The molecule has 0 aliphatic rings. The van der Waals surface area contributed by atoms with Crippen molar-refractivity contribution in [3.63, 3.8) is 0 Å². The highest BCUT2D eigenvalue weighted by Crippen LogP contribution is 2.09. The summed E-state index contributed by atoms with van der Waals surface area (Å²) in [5, 5.41) is 2.56. The maximum absolute atomic E-state index is 12.9. The number of unbranched alkanes of at least 4 members (excludes halogenated alkanes) is 7. The van der Waals surface area contributed by atoms with Crippen LogP contribution < -0.4 is 5.32 Å². The summed E-state index contributed by atoms with van der Waals surface area (Å²) in [5.41, 5.74) is 0.305. The van der Waals surface area contributed by atoms with Crippen LogP contribution in [-0.4, -0.2) is 24.5 Å². The smallest absolute Gasteiger partial charge is 0.328 e. The number of hydrogen-bond acceptors (Lipinski definition) is 3. The molecule has 0 radical (unpaired) electrons. The molecule has 26 heavy (non-hydrogen) atoms. The predicted molar refractivity (Wildman–Crippen MR) is 101 cm³/mol. The van der Waals surface area contributed by atoms with Crippen molar-refractivity contribution in [1.82, 2.24) is 5.32 Å². The van der Waals surface area contributed by atoms with Gasteiger partial charge in [-0.25, -0.2) is 9.18 Å². The van der Waals surface area contributed by atoms with E-state index in [4.69, 9.17) is 4.74 Å². The first kappa shape index (κ1) is 21.9. The minimum atomic E-state index is -0.739. The number of carbonyl (C=O) groups is 2. The molecule has 1 aromatic rings. The van der Waals surface area contributed by atoms with E-state index in [1.807, 2.05) is 6.08 Å². The molecule has 1 aromatic carbocycles. The lowest BCUT2D eigenvalue weighted by Gasteiger charge is -2.13. The van der Waals surface area contributed by atoms with Crippen LogP contribution >= 0.6 is 0 Å². The molecule has 0 spiro atoms. The maximum atomic E-state index is 12.9. The van der Waals surface area contributed by atoms with Gasteiger partial charge < -0.3 is 10.1 Å². The lowest BCUT2D eigenvalue weighted by atomic mass is 10.1. The summed E-state index contributed by atoms with van der Waals surface area (Å²) in [7, 11) is 0. The van der Waals surface area contributed by atoms with Crippen LogP contribution in [0, 0.1) is 5.82 Å². The highest BCUT2D eigenvalue weighted by Gasteiger charge is 2.17. The number of carbonyl (C=O) groups excluding carboxylic acids is 2. The van der Waals surface area contributed by atoms with Crippen LogP contribution in [0.3, 0.4) is 0 Å². The molecule has 1 amide bonds. The zero-order chi connectivity index (χ0) is 19.2. The molecule has 0 aliphatic carbocycles. The Morgan fingerprint density at radius 1 is 1.08 bits per heavy atom. The number of ether oxygens (including phenoxy) is 1. The van der Waals surface area contributed by atoms with E-state index in [1.54, 1.807) is 6.92 Å². The van der Waals surface area contributed by atoms with Crippen molar-refractivity contribution in [3.05, 3.63) is 48.3 Å². The molecular formula is C21H30FNO3. The molecule has 0 aliphatic heterocycles. The van der Waals surface area contributed by atoms with Gasteiger partial charge in [0.2, 0.25) is 0 Å². The van der Waals surface area contributed by atoms with Gasteiger partial charge in [0.25, 0.3) is 5.91 Å². The fourth-order valence-corrected chi connectivity index (χ4v) is 2.51. The minimum Gasteiger partial charge on any atom is -0.464 e. The monoisotopic (exact) mass is 363 g/mol. The Bertz CT molecular complexity index is 557. The molecule has 5 heteroatoms. The second-order valence-electron chi connectivity index (χ2n) is 6.42. The molecule has 0 fully saturated rings. The molecule has 144 valence electrons. The third-order valence-corrected chi connectivity index (χ3v) is 4.10. The van der Waals surface area contributed by atoms with Crippen molar-refractivity contribution in [3.8, 4) is 0 Å². The van der Waals surface area contributed by atoms with Crippen LogP contribution in [0.1, 0.15) is 68.6 Å². The van der Waals surface area contributed by atoms with E-state index >= 15 is 0 Å². The second kappa shape index (κ2) is 13.1. The Kier molecular flexibility index (Phi) is 11.0. The predicted octanol–water partition coefficient (Wildman–Crippen LogP) is 4.79. The number of allylic oxidation sites excluding steroid dienone is 1. The lowest BCUT2D eigenvalue weighted by molar-refractivity contribution is -0.145. The zero-order valence-corrected chi connectivity index (χ0v) is 15.6. The Morgan fingerprint density at radius 2 is 1.65 bits per heavy atom. The molecular weight excluding hydrogens is 333 g/mol. The fraction of sp³-hybridized carbons (Fsp3) is 0.524. The Morgan fingerprint density at radius 3 is 2.27 bits per heavy atom. The topological polar surface area (TPSA) is 55.4 Å². The van der Waals surface area contributed by atoms with Crippen LogP contribution in [0.5, 0.6) is 0 Å². The zero-order valence-electron chi connectivity index (χ0n) is 15.6. The number of hydrogen-bond donors (Lipinski definition) is 1. The van der Waals surface area contributed by atoms with Crippen molar-refractivity contribution in [2.24, 2.45) is 0 Å². The number of esters is 1. The summed E-state index contributed by atoms with van der Waals surface area (Å²) in [6.07, 6.45) is 10.9.